The van der Waals surface area contributed by atoms with Gasteiger partial charge in [0.25, 0.3) is 0 Å². The smallest absolute Gasteiger partial charge is 0.462 e. The number of esters is 4. The van der Waals surface area contributed by atoms with Crippen molar-refractivity contribution in [3.05, 3.63) is 0 Å². The van der Waals surface area contributed by atoms with E-state index in [4.69, 9.17) is 37.0 Å². The maximum absolute atomic E-state index is 13.1. The number of hydrogen-bond donors (Lipinski definition) is 3. The zero-order valence-electron chi connectivity index (χ0n) is 63.7. The Balaban J connectivity index is 5.26. The quantitative estimate of drug-likeness (QED) is 0.0222. The molecule has 0 saturated heterocycles. The third kappa shape index (κ3) is 70.9. The summed E-state index contributed by atoms with van der Waals surface area (Å²) < 4.78 is 68.6. The van der Waals surface area contributed by atoms with Gasteiger partial charge in [-0.3, -0.25) is 37.3 Å². The summed E-state index contributed by atoms with van der Waals surface area (Å²) in [5.74, 6) is 0.985. The third-order valence-corrected chi connectivity index (χ3v) is 20.3. The molecular formula is C78H152O17P2. The van der Waals surface area contributed by atoms with Crippen LogP contribution in [0.2, 0.25) is 0 Å². The number of phosphoric ester groups is 2. The van der Waals surface area contributed by atoms with Crippen LogP contribution in [0, 0.1) is 23.7 Å². The van der Waals surface area contributed by atoms with Crippen molar-refractivity contribution >= 4 is 39.5 Å². The molecular weight excluding hydrogens is 1270 g/mol. The lowest BCUT2D eigenvalue weighted by Crippen LogP contribution is -2.30. The van der Waals surface area contributed by atoms with E-state index in [-0.39, 0.29) is 25.7 Å². The SMILES string of the molecule is CCC(C)CCCCCCCCCCCCC(=O)O[C@H](COC(=O)CCCCCCCCCCC(C)C)COP(=O)(O)OCC(O)COP(=O)(O)OC[C@@H](COC(=O)CCCCCCCCCCCCCC(C)C)OC(=O)CCCCCCCCCCCCCCCCCC(C)C. The number of carbonyl (C=O) groups excluding carboxylic acids is 4. The lowest BCUT2D eigenvalue weighted by molar-refractivity contribution is -0.161. The van der Waals surface area contributed by atoms with Crippen LogP contribution in [0.25, 0.3) is 0 Å². The molecule has 0 amide bonds. The minimum atomic E-state index is -4.96. The predicted octanol–water partition coefficient (Wildman–Crippen LogP) is 22.8. The summed E-state index contributed by atoms with van der Waals surface area (Å²) in [6.45, 7) is 14.2. The number of carbonyl (C=O) groups is 4. The summed E-state index contributed by atoms with van der Waals surface area (Å²) in [5, 5.41) is 10.6. The lowest BCUT2D eigenvalue weighted by atomic mass is 9.99. The lowest BCUT2D eigenvalue weighted by Gasteiger charge is -2.21. The van der Waals surface area contributed by atoms with Crippen molar-refractivity contribution in [1.82, 2.24) is 0 Å². The highest BCUT2D eigenvalue weighted by atomic mass is 31.2. The zero-order valence-corrected chi connectivity index (χ0v) is 65.5. The topological polar surface area (TPSA) is 237 Å². The van der Waals surface area contributed by atoms with Crippen LogP contribution >= 0.6 is 15.6 Å². The molecule has 0 aliphatic rings. The molecule has 97 heavy (non-hydrogen) atoms. The van der Waals surface area contributed by atoms with Crippen molar-refractivity contribution in [2.24, 2.45) is 23.7 Å². The number of phosphoric acid groups is 2. The second-order valence-electron chi connectivity index (χ2n) is 29.8. The Morgan fingerprint density at radius 3 is 0.732 bits per heavy atom. The molecule has 0 aliphatic heterocycles. The van der Waals surface area contributed by atoms with Crippen LogP contribution in [0.1, 0.15) is 396 Å². The Morgan fingerprint density at radius 1 is 0.289 bits per heavy atom. The minimum Gasteiger partial charge on any atom is -0.462 e. The molecule has 0 aliphatic carbocycles. The van der Waals surface area contributed by atoms with E-state index in [1.807, 2.05) is 0 Å². The van der Waals surface area contributed by atoms with E-state index < -0.39 is 97.5 Å². The Morgan fingerprint density at radius 2 is 0.495 bits per heavy atom. The summed E-state index contributed by atoms with van der Waals surface area (Å²) in [4.78, 5) is 72.9. The second-order valence-corrected chi connectivity index (χ2v) is 32.7. The Labute approximate surface area is 594 Å². The largest absolute Gasteiger partial charge is 0.472 e. The fourth-order valence-electron chi connectivity index (χ4n) is 11.9. The fraction of sp³-hybridized carbons (Fsp3) is 0.949. The van der Waals surface area contributed by atoms with E-state index in [1.165, 1.54) is 199 Å². The number of unbranched alkanes of at least 4 members (excludes halogenated alkanes) is 40. The van der Waals surface area contributed by atoms with Gasteiger partial charge in [0.1, 0.15) is 19.3 Å². The highest BCUT2D eigenvalue weighted by molar-refractivity contribution is 7.47. The molecule has 0 bridgehead atoms. The molecule has 0 spiro atoms. The summed E-state index contributed by atoms with van der Waals surface area (Å²) in [7, 11) is -9.92. The number of aliphatic hydroxyl groups is 1. The van der Waals surface area contributed by atoms with Crippen LogP contribution in [-0.4, -0.2) is 96.7 Å². The number of ether oxygens (including phenoxy) is 4. The first kappa shape index (κ1) is 95.1. The summed E-state index contributed by atoms with van der Waals surface area (Å²) in [5.41, 5.74) is 0. The van der Waals surface area contributed by atoms with Crippen molar-refractivity contribution in [2.75, 3.05) is 39.6 Å². The Bertz CT molecular complexity index is 1900. The van der Waals surface area contributed by atoms with Gasteiger partial charge in [0, 0.05) is 25.7 Å². The van der Waals surface area contributed by atoms with E-state index in [2.05, 4.69) is 55.4 Å². The van der Waals surface area contributed by atoms with Crippen molar-refractivity contribution in [2.45, 2.75) is 414 Å². The molecule has 0 aromatic carbocycles. The Hall–Kier alpha value is -1.94. The molecule has 0 fully saturated rings. The van der Waals surface area contributed by atoms with Gasteiger partial charge in [-0.1, -0.05) is 344 Å². The van der Waals surface area contributed by atoms with Crippen LogP contribution in [0.5, 0.6) is 0 Å². The number of aliphatic hydroxyl groups excluding tert-OH is 1. The van der Waals surface area contributed by atoms with Crippen molar-refractivity contribution in [3.8, 4) is 0 Å². The standard InChI is InChI=1S/C78H152O17P2/c1-9-71(8)57-49-41-33-24-20-21-27-37-45-53-61-78(83)95-74(65-89-76(81)59-51-43-35-29-28-32-40-48-56-70(6)7)67-93-97(86,87)91-63-72(79)62-90-96(84,85)92-66-73(64-88-75(80)58-50-42-34-25-19-15-17-23-31-39-47-55-69(4)5)94-77(82)60-52-44-36-26-18-14-12-10-11-13-16-22-30-38-46-54-68(2)3/h68-74,79H,9-67H2,1-8H3,(H,84,85)(H,86,87)/t71?,72?,73-,74-/m1/s1. The third-order valence-electron chi connectivity index (χ3n) is 18.4. The highest BCUT2D eigenvalue weighted by Crippen LogP contribution is 2.45. The number of hydrogen-bond acceptors (Lipinski definition) is 15. The van der Waals surface area contributed by atoms with Gasteiger partial charge in [-0.15, -0.1) is 0 Å². The molecule has 0 rings (SSSR count). The van der Waals surface area contributed by atoms with Gasteiger partial charge in [0.2, 0.25) is 0 Å². The van der Waals surface area contributed by atoms with Gasteiger partial charge in [-0.25, -0.2) is 9.13 Å². The molecule has 3 N–H and O–H groups in total. The zero-order chi connectivity index (χ0) is 71.7. The first-order valence-electron chi connectivity index (χ1n) is 40.2. The van der Waals surface area contributed by atoms with Gasteiger partial charge in [-0.2, -0.15) is 0 Å². The van der Waals surface area contributed by atoms with Gasteiger partial charge in [0.05, 0.1) is 26.4 Å². The molecule has 0 saturated carbocycles. The van der Waals surface area contributed by atoms with Gasteiger partial charge in [0.15, 0.2) is 12.2 Å². The first-order chi connectivity index (χ1) is 46.6. The monoisotopic (exact) mass is 1420 g/mol. The fourth-order valence-corrected chi connectivity index (χ4v) is 13.5. The maximum Gasteiger partial charge on any atom is 0.472 e. The Kier molecular flexibility index (Phi) is 65.9. The highest BCUT2D eigenvalue weighted by Gasteiger charge is 2.30. The van der Waals surface area contributed by atoms with Crippen LogP contribution in [0.15, 0.2) is 0 Å². The minimum absolute atomic E-state index is 0.105. The molecule has 0 aromatic rings. The van der Waals surface area contributed by atoms with Gasteiger partial charge in [-0.05, 0) is 49.4 Å². The molecule has 17 nitrogen and oxygen atoms in total. The summed E-state index contributed by atoms with van der Waals surface area (Å²) in [6.07, 6.45) is 52.6. The average Bonchev–Trinajstić information content (AvgIpc) is 1.46. The predicted molar refractivity (Wildman–Crippen MR) is 395 cm³/mol. The van der Waals surface area contributed by atoms with E-state index in [0.29, 0.717) is 25.7 Å². The van der Waals surface area contributed by atoms with Crippen molar-refractivity contribution in [1.29, 1.82) is 0 Å². The van der Waals surface area contributed by atoms with Gasteiger partial charge >= 0.3 is 39.5 Å². The molecule has 0 heterocycles. The second kappa shape index (κ2) is 67.2. The van der Waals surface area contributed by atoms with Gasteiger partial charge < -0.3 is 33.8 Å². The summed E-state index contributed by atoms with van der Waals surface area (Å²) in [6, 6.07) is 0. The average molecular weight is 1420 g/mol. The first-order valence-corrected chi connectivity index (χ1v) is 43.2. The van der Waals surface area contributed by atoms with Crippen molar-refractivity contribution in [3.63, 3.8) is 0 Å². The molecule has 0 aromatic heterocycles. The molecule has 4 unspecified atom stereocenters. The van der Waals surface area contributed by atoms with E-state index in [9.17, 15) is 43.2 Å². The summed E-state index contributed by atoms with van der Waals surface area (Å²) >= 11 is 0. The van der Waals surface area contributed by atoms with E-state index in [0.717, 1.165) is 114 Å². The maximum atomic E-state index is 13.1. The molecule has 0 radical (unpaired) electrons. The molecule has 576 valence electrons. The number of rotatable bonds is 75. The normalized spacial score (nSPS) is 14.4. The van der Waals surface area contributed by atoms with E-state index in [1.54, 1.807) is 0 Å². The van der Waals surface area contributed by atoms with Crippen LogP contribution in [-0.2, 0) is 65.4 Å². The van der Waals surface area contributed by atoms with Crippen LogP contribution < -0.4 is 0 Å². The molecule has 19 heteroatoms. The van der Waals surface area contributed by atoms with Crippen LogP contribution in [0.3, 0.4) is 0 Å². The van der Waals surface area contributed by atoms with E-state index >= 15 is 0 Å². The van der Waals surface area contributed by atoms with Crippen molar-refractivity contribution < 1.29 is 80.2 Å². The van der Waals surface area contributed by atoms with Crippen LogP contribution in [0.4, 0.5) is 0 Å². The molecule has 6 atom stereocenters.